The number of anilines is 1. The third-order valence-electron chi connectivity index (χ3n) is 3.48. The Hall–Kier alpha value is -2.09. The Morgan fingerprint density at radius 1 is 1.05 bits per heavy atom. The molecule has 0 saturated heterocycles. The van der Waals surface area contributed by atoms with Crippen LogP contribution in [0.15, 0.2) is 48.5 Å². The molecule has 0 unspecified atom stereocenters. The maximum Gasteiger partial charge on any atom is 0.255 e. The Labute approximate surface area is 120 Å². The fourth-order valence-corrected chi connectivity index (χ4v) is 2.20. The van der Waals surface area contributed by atoms with E-state index in [4.69, 9.17) is 0 Å². The SMILES string of the molecule is CCc1ccccc1C(=O)Nc1ccc(C(C)C)cc1. The van der Waals surface area contributed by atoms with Crippen LogP contribution in [0.2, 0.25) is 0 Å². The van der Waals surface area contributed by atoms with Crippen LogP contribution in [0.25, 0.3) is 0 Å². The Morgan fingerprint density at radius 2 is 1.70 bits per heavy atom. The highest BCUT2D eigenvalue weighted by Gasteiger charge is 2.10. The van der Waals surface area contributed by atoms with Crippen molar-refractivity contribution in [3.8, 4) is 0 Å². The van der Waals surface area contributed by atoms with Gasteiger partial charge in [-0.2, -0.15) is 0 Å². The molecule has 0 radical (unpaired) electrons. The zero-order valence-corrected chi connectivity index (χ0v) is 12.3. The van der Waals surface area contributed by atoms with Crippen LogP contribution in [0.4, 0.5) is 5.69 Å². The lowest BCUT2D eigenvalue weighted by molar-refractivity contribution is 0.102. The number of aryl methyl sites for hydroxylation is 1. The third kappa shape index (κ3) is 3.27. The van der Waals surface area contributed by atoms with Crippen LogP contribution >= 0.6 is 0 Å². The molecule has 0 spiro atoms. The van der Waals surface area contributed by atoms with Gasteiger partial charge in [-0.25, -0.2) is 0 Å². The first-order chi connectivity index (χ1) is 9.61. The zero-order valence-electron chi connectivity index (χ0n) is 12.3. The molecule has 2 rings (SSSR count). The van der Waals surface area contributed by atoms with Gasteiger partial charge in [0.25, 0.3) is 5.91 Å². The van der Waals surface area contributed by atoms with Gasteiger partial charge in [0, 0.05) is 11.3 Å². The average molecular weight is 267 g/mol. The number of nitrogens with one attached hydrogen (secondary N) is 1. The van der Waals surface area contributed by atoms with Crippen molar-refractivity contribution in [2.75, 3.05) is 5.32 Å². The summed E-state index contributed by atoms with van der Waals surface area (Å²) in [6.07, 6.45) is 0.857. The van der Waals surface area contributed by atoms with E-state index in [9.17, 15) is 4.79 Å². The molecule has 0 atom stereocenters. The number of hydrogen-bond donors (Lipinski definition) is 1. The van der Waals surface area contributed by atoms with Crippen LogP contribution in [0.5, 0.6) is 0 Å². The number of benzene rings is 2. The van der Waals surface area contributed by atoms with Gasteiger partial charge in [-0.15, -0.1) is 0 Å². The second-order valence-corrected chi connectivity index (χ2v) is 5.24. The largest absolute Gasteiger partial charge is 0.322 e. The number of rotatable bonds is 4. The first kappa shape index (κ1) is 14.3. The average Bonchev–Trinajstić information content (AvgIpc) is 2.47. The van der Waals surface area contributed by atoms with Crippen molar-refractivity contribution < 1.29 is 4.79 Å². The van der Waals surface area contributed by atoms with Gasteiger partial charge < -0.3 is 5.32 Å². The van der Waals surface area contributed by atoms with Crippen molar-refractivity contribution in [2.45, 2.75) is 33.1 Å². The number of carbonyl (C=O) groups is 1. The molecule has 0 saturated carbocycles. The Kier molecular flexibility index (Phi) is 4.57. The van der Waals surface area contributed by atoms with Crippen molar-refractivity contribution in [2.24, 2.45) is 0 Å². The molecule has 20 heavy (non-hydrogen) atoms. The summed E-state index contributed by atoms with van der Waals surface area (Å²) in [6.45, 7) is 6.37. The van der Waals surface area contributed by atoms with Crippen LogP contribution in [0.3, 0.4) is 0 Å². The highest BCUT2D eigenvalue weighted by atomic mass is 16.1. The molecule has 2 nitrogen and oxygen atoms in total. The molecule has 0 fully saturated rings. The summed E-state index contributed by atoms with van der Waals surface area (Å²) in [5, 5.41) is 2.96. The topological polar surface area (TPSA) is 29.1 Å². The van der Waals surface area contributed by atoms with E-state index in [0.717, 1.165) is 23.2 Å². The van der Waals surface area contributed by atoms with Crippen LogP contribution in [-0.2, 0) is 6.42 Å². The van der Waals surface area contributed by atoms with E-state index in [2.05, 4.69) is 38.2 Å². The third-order valence-corrected chi connectivity index (χ3v) is 3.48. The molecule has 104 valence electrons. The summed E-state index contributed by atoms with van der Waals surface area (Å²) in [5.74, 6) is 0.459. The summed E-state index contributed by atoms with van der Waals surface area (Å²) >= 11 is 0. The standard InChI is InChI=1S/C18H21NO/c1-4-14-7-5-6-8-17(14)18(20)19-16-11-9-15(10-12-16)13(2)3/h5-13H,4H2,1-3H3,(H,19,20). The van der Waals surface area contributed by atoms with Crippen LogP contribution in [-0.4, -0.2) is 5.91 Å². The van der Waals surface area contributed by atoms with Crippen molar-refractivity contribution in [1.82, 2.24) is 0 Å². The molecule has 0 aromatic heterocycles. The van der Waals surface area contributed by atoms with Gasteiger partial charge in [-0.05, 0) is 41.7 Å². The van der Waals surface area contributed by atoms with E-state index in [1.807, 2.05) is 36.4 Å². The van der Waals surface area contributed by atoms with Crippen molar-refractivity contribution in [3.63, 3.8) is 0 Å². The monoisotopic (exact) mass is 267 g/mol. The number of carbonyl (C=O) groups excluding carboxylic acids is 1. The van der Waals surface area contributed by atoms with Gasteiger partial charge in [0.15, 0.2) is 0 Å². The molecule has 0 aliphatic heterocycles. The summed E-state index contributed by atoms with van der Waals surface area (Å²) in [5.41, 5.74) is 3.94. The van der Waals surface area contributed by atoms with Crippen LogP contribution in [0.1, 0.15) is 48.2 Å². The molecular weight excluding hydrogens is 246 g/mol. The Morgan fingerprint density at radius 3 is 2.30 bits per heavy atom. The Balaban J connectivity index is 2.15. The van der Waals surface area contributed by atoms with Gasteiger partial charge in [0.2, 0.25) is 0 Å². The fraction of sp³-hybridized carbons (Fsp3) is 0.278. The summed E-state index contributed by atoms with van der Waals surface area (Å²) in [6, 6.07) is 15.8. The Bertz CT molecular complexity index is 585. The molecule has 0 aliphatic carbocycles. The van der Waals surface area contributed by atoms with Gasteiger partial charge in [0.1, 0.15) is 0 Å². The van der Waals surface area contributed by atoms with E-state index in [1.54, 1.807) is 0 Å². The smallest absolute Gasteiger partial charge is 0.255 e. The first-order valence-electron chi connectivity index (χ1n) is 7.11. The van der Waals surface area contributed by atoms with Crippen molar-refractivity contribution in [1.29, 1.82) is 0 Å². The summed E-state index contributed by atoms with van der Waals surface area (Å²) < 4.78 is 0. The predicted octanol–water partition coefficient (Wildman–Crippen LogP) is 4.62. The maximum atomic E-state index is 12.3. The van der Waals surface area contributed by atoms with E-state index < -0.39 is 0 Å². The van der Waals surface area contributed by atoms with Crippen LogP contribution < -0.4 is 5.32 Å². The molecule has 0 heterocycles. The molecule has 2 heteroatoms. The predicted molar refractivity (Wildman–Crippen MR) is 84.3 cm³/mol. The molecule has 1 amide bonds. The van der Waals surface area contributed by atoms with E-state index in [0.29, 0.717) is 5.92 Å². The molecule has 0 bridgehead atoms. The summed E-state index contributed by atoms with van der Waals surface area (Å²) in [7, 11) is 0. The lowest BCUT2D eigenvalue weighted by Gasteiger charge is -2.10. The summed E-state index contributed by atoms with van der Waals surface area (Å²) in [4.78, 5) is 12.3. The zero-order chi connectivity index (χ0) is 14.5. The molecular formula is C18H21NO. The molecule has 2 aromatic rings. The van der Waals surface area contributed by atoms with Gasteiger partial charge in [-0.3, -0.25) is 4.79 Å². The van der Waals surface area contributed by atoms with Crippen LogP contribution in [0, 0.1) is 0 Å². The van der Waals surface area contributed by atoms with Gasteiger partial charge in [0.05, 0.1) is 0 Å². The highest BCUT2D eigenvalue weighted by molar-refractivity contribution is 6.05. The minimum absolute atomic E-state index is 0.0419. The van der Waals surface area contributed by atoms with E-state index in [1.165, 1.54) is 5.56 Å². The minimum atomic E-state index is -0.0419. The normalized spacial score (nSPS) is 10.6. The molecule has 0 aliphatic rings. The number of amides is 1. The van der Waals surface area contributed by atoms with E-state index in [-0.39, 0.29) is 5.91 Å². The second-order valence-electron chi connectivity index (χ2n) is 5.24. The lowest BCUT2D eigenvalue weighted by atomic mass is 10.0. The van der Waals surface area contributed by atoms with E-state index >= 15 is 0 Å². The quantitative estimate of drug-likeness (QED) is 0.860. The maximum absolute atomic E-state index is 12.3. The van der Waals surface area contributed by atoms with Crippen molar-refractivity contribution in [3.05, 3.63) is 65.2 Å². The fourth-order valence-electron chi connectivity index (χ4n) is 2.20. The molecule has 1 N–H and O–H groups in total. The minimum Gasteiger partial charge on any atom is -0.322 e. The first-order valence-corrected chi connectivity index (χ1v) is 7.11. The van der Waals surface area contributed by atoms with Crippen molar-refractivity contribution >= 4 is 11.6 Å². The van der Waals surface area contributed by atoms with Gasteiger partial charge in [-0.1, -0.05) is 51.1 Å². The lowest BCUT2D eigenvalue weighted by Crippen LogP contribution is -2.14. The van der Waals surface area contributed by atoms with Gasteiger partial charge >= 0.3 is 0 Å². The molecule has 2 aromatic carbocycles. The number of hydrogen-bond acceptors (Lipinski definition) is 1. The highest BCUT2D eigenvalue weighted by Crippen LogP contribution is 2.18. The second kappa shape index (κ2) is 6.38.